The zero-order valence-electron chi connectivity index (χ0n) is 22.6. The highest BCUT2D eigenvalue weighted by Gasteiger charge is 2.22. The molecule has 1 N–H and O–H groups in total. The van der Waals surface area contributed by atoms with Crippen LogP contribution in [-0.4, -0.2) is 49.1 Å². The van der Waals surface area contributed by atoms with Gasteiger partial charge in [0.25, 0.3) is 5.56 Å². The SMILES string of the molecule is O=C(CCc1nnc2n(CCc3ccccc3)c(=O)c3ccccc3n12)NC1CCN(Cc2ccccc2)CC1. The molecule has 0 atom stereocenters. The summed E-state index contributed by atoms with van der Waals surface area (Å²) in [5.74, 6) is 1.23. The van der Waals surface area contributed by atoms with E-state index in [1.165, 1.54) is 5.56 Å². The molecule has 3 aromatic carbocycles. The minimum atomic E-state index is -0.0747. The molecule has 1 amide bonds. The van der Waals surface area contributed by atoms with Gasteiger partial charge in [-0.3, -0.25) is 23.5 Å². The standard InChI is InChI=1S/C32H34N6O2/c39-30(33-26-18-20-36(21-19-26)23-25-11-5-2-6-12-25)16-15-29-34-35-32-37(22-17-24-9-3-1-4-10-24)31(40)27-13-7-8-14-28(27)38(29)32/h1-14,26H,15-23H2,(H,33,39). The van der Waals surface area contributed by atoms with Gasteiger partial charge in [0.2, 0.25) is 11.7 Å². The van der Waals surface area contributed by atoms with Gasteiger partial charge in [-0.25, -0.2) is 0 Å². The largest absolute Gasteiger partial charge is 0.353 e. The first-order valence-corrected chi connectivity index (χ1v) is 14.1. The molecule has 5 aromatic rings. The highest BCUT2D eigenvalue weighted by atomic mass is 16.1. The number of hydrogen-bond donors (Lipinski definition) is 1. The summed E-state index contributed by atoms with van der Waals surface area (Å²) in [7, 11) is 0. The predicted octanol–water partition coefficient (Wildman–Crippen LogP) is 4.00. The molecular formula is C32H34N6O2. The number of amides is 1. The topological polar surface area (TPSA) is 84.5 Å². The number of aryl methyl sites for hydroxylation is 3. The number of nitrogens with zero attached hydrogens (tertiary/aromatic N) is 5. The molecule has 204 valence electrons. The quantitative estimate of drug-likeness (QED) is 0.309. The third kappa shape index (κ3) is 5.67. The van der Waals surface area contributed by atoms with Crippen LogP contribution < -0.4 is 10.9 Å². The molecular weight excluding hydrogens is 500 g/mol. The van der Waals surface area contributed by atoms with E-state index in [-0.39, 0.29) is 17.5 Å². The molecule has 0 unspecified atom stereocenters. The Labute approximate surface area is 233 Å². The van der Waals surface area contributed by atoms with Crippen molar-refractivity contribution in [2.45, 2.75) is 51.2 Å². The first-order valence-electron chi connectivity index (χ1n) is 14.1. The fraction of sp³-hybridized carbons (Fsp3) is 0.312. The van der Waals surface area contributed by atoms with Crippen LogP contribution in [0.1, 0.15) is 36.2 Å². The Hall–Kier alpha value is -4.30. The maximum atomic E-state index is 13.4. The number of hydrogen-bond acceptors (Lipinski definition) is 5. The van der Waals surface area contributed by atoms with Crippen LogP contribution in [0.5, 0.6) is 0 Å². The van der Waals surface area contributed by atoms with Crippen LogP contribution in [0, 0.1) is 0 Å². The fourth-order valence-electron chi connectivity index (χ4n) is 5.67. The van der Waals surface area contributed by atoms with E-state index in [0.29, 0.717) is 42.8 Å². The Kier molecular flexibility index (Phi) is 7.68. The number of carbonyl (C=O) groups excluding carboxylic acids is 1. The second-order valence-electron chi connectivity index (χ2n) is 10.6. The number of aromatic nitrogens is 4. The second kappa shape index (κ2) is 11.8. The molecule has 1 aliphatic heterocycles. The average molecular weight is 535 g/mol. The maximum Gasteiger partial charge on any atom is 0.262 e. The monoisotopic (exact) mass is 534 g/mol. The maximum absolute atomic E-state index is 13.4. The first kappa shape index (κ1) is 26.0. The lowest BCUT2D eigenvalue weighted by atomic mass is 10.0. The van der Waals surface area contributed by atoms with Gasteiger partial charge in [-0.15, -0.1) is 10.2 Å². The Balaban J connectivity index is 1.12. The van der Waals surface area contributed by atoms with Gasteiger partial charge >= 0.3 is 0 Å². The van der Waals surface area contributed by atoms with Crippen molar-refractivity contribution in [2.24, 2.45) is 0 Å². The van der Waals surface area contributed by atoms with Crippen molar-refractivity contribution in [3.63, 3.8) is 0 Å². The zero-order valence-corrected chi connectivity index (χ0v) is 22.6. The lowest BCUT2D eigenvalue weighted by Gasteiger charge is -2.32. The van der Waals surface area contributed by atoms with E-state index in [0.717, 1.165) is 43.6 Å². The number of benzene rings is 3. The summed E-state index contributed by atoms with van der Waals surface area (Å²) in [6.45, 7) is 3.40. The van der Waals surface area contributed by atoms with Crippen molar-refractivity contribution in [1.82, 2.24) is 29.4 Å². The van der Waals surface area contributed by atoms with Crippen LogP contribution in [0.4, 0.5) is 0 Å². The molecule has 2 aromatic heterocycles. The number of para-hydroxylation sites is 1. The Morgan fingerprint density at radius 3 is 2.25 bits per heavy atom. The third-order valence-electron chi connectivity index (χ3n) is 7.82. The van der Waals surface area contributed by atoms with E-state index in [9.17, 15) is 9.59 Å². The van der Waals surface area contributed by atoms with E-state index >= 15 is 0 Å². The number of likely N-dealkylation sites (tertiary alicyclic amines) is 1. The van der Waals surface area contributed by atoms with Gasteiger partial charge in [0, 0.05) is 45.1 Å². The number of rotatable bonds is 9. The molecule has 40 heavy (non-hydrogen) atoms. The lowest BCUT2D eigenvalue weighted by Crippen LogP contribution is -2.44. The summed E-state index contributed by atoms with van der Waals surface area (Å²) in [6, 6.07) is 28.4. The number of piperidine rings is 1. The van der Waals surface area contributed by atoms with Gasteiger partial charge in [-0.05, 0) is 42.5 Å². The van der Waals surface area contributed by atoms with Crippen LogP contribution in [-0.2, 0) is 30.7 Å². The van der Waals surface area contributed by atoms with Gasteiger partial charge < -0.3 is 5.32 Å². The number of carbonyl (C=O) groups is 1. The summed E-state index contributed by atoms with van der Waals surface area (Å²) < 4.78 is 3.65. The Morgan fingerprint density at radius 1 is 0.825 bits per heavy atom. The van der Waals surface area contributed by atoms with Crippen LogP contribution in [0.2, 0.25) is 0 Å². The van der Waals surface area contributed by atoms with Crippen LogP contribution >= 0.6 is 0 Å². The van der Waals surface area contributed by atoms with Gasteiger partial charge in [-0.1, -0.05) is 72.8 Å². The smallest absolute Gasteiger partial charge is 0.262 e. The van der Waals surface area contributed by atoms with E-state index in [2.05, 4.69) is 56.8 Å². The van der Waals surface area contributed by atoms with Crippen molar-refractivity contribution < 1.29 is 4.79 Å². The van der Waals surface area contributed by atoms with Gasteiger partial charge in [0.05, 0.1) is 10.9 Å². The number of nitrogens with one attached hydrogen (secondary N) is 1. The van der Waals surface area contributed by atoms with E-state index in [4.69, 9.17) is 0 Å². The van der Waals surface area contributed by atoms with E-state index in [1.807, 2.05) is 52.9 Å². The molecule has 0 bridgehead atoms. The van der Waals surface area contributed by atoms with Crippen molar-refractivity contribution in [3.8, 4) is 0 Å². The molecule has 1 saturated heterocycles. The third-order valence-corrected chi connectivity index (χ3v) is 7.82. The van der Waals surface area contributed by atoms with Crippen molar-refractivity contribution >= 4 is 22.6 Å². The predicted molar refractivity (Wildman–Crippen MR) is 156 cm³/mol. The summed E-state index contributed by atoms with van der Waals surface area (Å²) in [5, 5.41) is 12.7. The van der Waals surface area contributed by atoms with Crippen molar-refractivity contribution in [3.05, 3.63) is 112 Å². The van der Waals surface area contributed by atoms with Gasteiger partial charge in [0.15, 0.2) is 0 Å². The molecule has 0 aliphatic carbocycles. The molecule has 0 spiro atoms. The van der Waals surface area contributed by atoms with Gasteiger partial charge in [0.1, 0.15) is 5.82 Å². The molecule has 0 saturated carbocycles. The molecule has 3 heterocycles. The molecule has 0 radical (unpaired) electrons. The van der Waals surface area contributed by atoms with Crippen LogP contribution in [0.25, 0.3) is 16.7 Å². The molecule has 1 fully saturated rings. The summed E-state index contributed by atoms with van der Waals surface area (Å²) in [6.07, 6.45) is 3.38. The van der Waals surface area contributed by atoms with Crippen molar-refractivity contribution in [1.29, 1.82) is 0 Å². The molecule has 8 nitrogen and oxygen atoms in total. The lowest BCUT2D eigenvalue weighted by molar-refractivity contribution is -0.122. The summed E-state index contributed by atoms with van der Waals surface area (Å²) >= 11 is 0. The van der Waals surface area contributed by atoms with Crippen LogP contribution in [0.15, 0.2) is 89.7 Å². The minimum Gasteiger partial charge on any atom is -0.353 e. The zero-order chi connectivity index (χ0) is 27.3. The van der Waals surface area contributed by atoms with Gasteiger partial charge in [-0.2, -0.15) is 0 Å². The Bertz CT molecular complexity index is 1650. The van der Waals surface area contributed by atoms with Crippen LogP contribution in [0.3, 0.4) is 0 Å². The van der Waals surface area contributed by atoms with Crippen molar-refractivity contribution in [2.75, 3.05) is 13.1 Å². The average Bonchev–Trinajstić information content (AvgIpc) is 3.42. The first-order chi connectivity index (χ1) is 19.7. The summed E-state index contributed by atoms with van der Waals surface area (Å²) in [5.41, 5.74) is 3.17. The fourth-order valence-corrected chi connectivity index (χ4v) is 5.67. The second-order valence-corrected chi connectivity index (χ2v) is 10.6. The molecule has 8 heteroatoms. The molecule has 1 aliphatic rings. The summed E-state index contributed by atoms with van der Waals surface area (Å²) in [4.78, 5) is 28.8. The normalized spacial score (nSPS) is 14.6. The molecule has 6 rings (SSSR count). The Morgan fingerprint density at radius 2 is 1.50 bits per heavy atom. The highest BCUT2D eigenvalue weighted by molar-refractivity contribution is 5.80. The van der Waals surface area contributed by atoms with E-state index in [1.54, 1.807) is 4.57 Å². The highest BCUT2D eigenvalue weighted by Crippen LogP contribution is 2.17. The minimum absolute atomic E-state index is 0.0277. The van der Waals surface area contributed by atoms with E-state index < -0.39 is 0 Å². The number of fused-ring (bicyclic) bond motifs is 3.